The number of hydrogen-bond acceptors (Lipinski definition) is 4. The molecule has 2 aromatic heterocycles. The third-order valence-electron chi connectivity index (χ3n) is 5.67. The van der Waals surface area contributed by atoms with E-state index < -0.39 is 0 Å². The first-order valence-electron chi connectivity index (χ1n) is 10.5. The molecule has 0 radical (unpaired) electrons. The van der Waals surface area contributed by atoms with E-state index in [1.54, 1.807) is 16.7 Å². The van der Waals surface area contributed by atoms with Gasteiger partial charge in [0.25, 0.3) is 5.56 Å². The van der Waals surface area contributed by atoms with Gasteiger partial charge in [0.15, 0.2) is 0 Å². The Morgan fingerprint density at radius 2 is 1.90 bits per heavy atom. The summed E-state index contributed by atoms with van der Waals surface area (Å²) < 4.78 is 1.56. The fourth-order valence-electron chi connectivity index (χ4n) is 4.00. The Balaban J connectivity index is 1.25. The number of carbonyl (C=O) groups excluding carboxylic acids is 1. The summed E-state index contributed by atoms with van der Waals surface area (Å²) in [5, 5.41) is 0. The van der Waals surface area contributed by atoms with Crippen molar-refractivity contribution < 1.29 is 4.79 Å². The Morgan fingerprint density at radius 3 is 2.67 bits per heavy atom. The molecule has 30 heavy (non-hydrogen) atoms. The molecule has 0 atom stereocenters. The van der Waals surface area contributed by atoms with E-state index in [9.17, 15) is 9.59 Å². The number of fused-ring (bicyclic) bond motifs is 1. The standard InChI is InChI=1S/C24H27N3O2S/c1-18-7-8-22-25-21(14-23(28)27(22)15-18)16-30-17-24(29)26-11-9-20(10-12-26)13-19-5-3-2-4-6-19/h2-8,14-15,20H,9-13,16-17H2,1H3. The van der Waals surface area contributed by atoms with E-state index in [0.29, 0.717) is 23.1 Å². The number of amides is 1. The molecule has 0 spiro atoms. The lowest BCUT2D eigenvalue weighted by molar-refractivity contribution is -0.129. The van der Waals surface area contributed by atoms with Crippen LogP contribution in [0.3, 0.4) is 0 Å². The molecule has 5 nitrogen and oxygen atoms in total. The summed E-state index contributed by atoms with van der Waals surface area (Å²) in [5.41, 5.74) is 3.70. The smallest absolute Gasteiger partial charge is 0.258 e. The van der Waals surface area contributed by atoms with Crippen LogP contribution in [-0.4, -0.2) is 39.0 Å². The summed E-state index contributed by atoms with van der Waals surface area (Å²) in [6, 6.07) is 16.0. The lowest BCUT2D eigenvalue weighted by Gasteiger charge is -2.32. The Morgan fingerprint density at radius 1 is 1.13 bits per heavy atom. The molecular formula is C24H27N3O2S. The number of thioether (sulfide) groups is 1. The highest BCUT2D eigenvalue weighted by atomic mass is 32.2. The van der Waals surface area contributed by atoms with Gasteiger partial charge >= 0.3 is 0 Å². The van der Waals surface area contributed by atoms with Crippen molar-refractivity contribution in [3.05, 3.63) is 81.9 Å². The molecule has 1 amide bonds. The van der Waals surface area contributed by atoms with Crippen molar-refractivity contribution in [2.75, 3.05) is 18.8 Å². The Kier molecular flexibility index (Phi) is 6.53. The predicted molar refractivity (Wildman–Crippen MR) is 122 cm³/mol. The van der Waals surface area contributed by atoms with Crippen LogP contribution in [0.5, 0.6) is 0 Å². The van der Waals surface area contributed by atoms with Crippen LogP contribution >= 0.6 is 11.8 Å². The molecule has 1 saturated heterocycles. The largest absolute Gasteiger partial charge is 0.342 e. The monoisotopic (exact) mass is 421 g/mol. The highest BCUT2D eigenvalue weighted by Gasteiger charge is 2.22. The van der Waals surface area contributed by atoms with Gasteiger partial charge in [-0.05, 0) is 49.3 Å². The Labute approximate surface area is 181 Å². The van der Waals surface area contributed by atoms with Gasteiger partial charge in [-0.15, -0.1) is 11.8 Å². The van der Waals surface area contributed by atoms with E-state index in [0.717, 1.165) is 43.6 Å². The molecule has 0 bridgehead atoms. The van der Waals surface area contributed by atoms with E-state index >= 15 is 0 Å². The number of aryl methyl sites for hydroxylation is 1. The zero-order chi connectivity index (χ0) is 20.9. The number of carbonyl (C=O) groups is 1. The van der Waals surface area contributed by atoms with Gasteiger partial charge in [-0.25, -0.2) is 4.98 Å². The molecule has 3 heterocycles. The first kappa shape index (κ1) is 20.7. The lowest BCUT2D eigenvalue weighted by Crippen LogP contribution is -2.39. The van der Waals surface area contributed by atoms with Crippen molar-refractivity contribution in [1.29, 1.82) is 0 Å². The molecule has 0 aliphatic carbocycles. The maximum absolute atomic E-state index is 12.6. The number of benzene rings is 1. The summed E-state index contributed by atoms with van der Waals surface area (Å²) in [4.78, 5) is 31.4. The van der Waals surface area contributed by atoms with Crippen molar-refractivity contribution in [1.82, 2.24) is 14.3 Å². The van der Waals surface area contributed by atoms with E-state index in [4.69, 9.17) is 0 Å². The van der Waals surface area contributed by atoms with Crippen LogP contribution in [0.1, 0.15) is 29.7 Å². The molecule has 0 N–H and O–H groups in total. The van der Waals surface area contributed by atoms with Gasteiger partial charge in [0.2, 0.25) is 5.91 Å². The highest BCUT2D eigenvalue weighted by Crippen LogP contribution is 2.22. The minimum atomic E-state index is -0.0777. The molecule has 0 unspecified atom stereocenters. The maximum Gasteiger partial charge on any atom is 0.258 e. The van der Waals surface area contributed by atoms with Gasteiger partial charge in [-0.1, -0.05) is 36.4 Å². The average molecular weight is 422 g/mol. The van der Waals surface area contributed by atoms with E-state index in [1.165, 1.54) is 17.3 Å². The third kappa shape index (κ3) is 5.11. The van der Waals surface area contributed by atoms with Crippen molar-refractivity contribution in [3.63, 3.8) is 0 Å². The topological polar surface area (TPSA) is 54.7 Å². The number of hydrogen-bond donors (Lipinski definition) is 0. The summed E-state index contributed by atoms with van der Waals surface area (Å²) in [5.74, 6) is 1.84. The third-order valence-corrected chi connectivity index (χ3v) is 6.62. The van der Waals surface area contributed by atoms with Gasteiger partial charge in [0.05, 0.1) is 11.4 Å². The highest BCUT2D eigenvalue weighted by molar-refractivity contribution is 7.99. The van der Waals surface area contributed by atoms with E-state index in [2.05, 4.69) is 29.2 Å². The summed E-state index contributed by atoms with van der Waals surface area (Å²) >= 11 is 1.53. The lowest BCUT2D eigenvalue weighted by atomic mass is 9.90. The normalized spacial score (nSPS) is 14.9. The number of likely N-dealkylation sites (tertiary alicyclic amines) is 1. The van der Waals surface area contributed by atoms with Crippen LogP contribution in [0.2, 0.25) is 0 Å². The van der Waals surface area contributed by atoms with Gasteiger partial charge in [-0.3, -0.25) is 14.0 Å². The van der Waals surface area contributed by atoms with Crippen molar-refractivity contribution in [2.45, 2.75) is 31.9 Å². The Bertz CT molecular complexity index is 1070. The maximum atomic E-state index is 12.6. The molecule has 1 aliphatic heterocycles. The second-order valence-electron chi connectivity index (χ2n) is 8.03. The van der Waals surface area contributed by atoms with Gasteiger partial charge in [-0.2, -0.15) is 0 Å². The van der Waals surface area contributed by atoms with Crippen molar-refractivity contribution in [3.8, 4) is 0 Å². The molecule has 3 aromatic rings. The van der Waals surface area contributed by atoms with Crippen molar-refractivity contribution in [2.24, 2.45) is 5.92 Å². The number of aromatic nitrogens is 2. The summed E-state index contributed by atoms with van der Waals surface area (Å²) in [6.45, 7) is 3.63. The zero-order valence-corrected chi connectivity index (χ0v) is 18.1. The van der Waals surface area contributed by atoms with Gasteiger partial charge < -0.3 is 4.90 Å². The molecule has 0 saturated carbocycles. The number of nitrogens with zero attached hydrogens (tertiary/aromatic N) is 3. The second kappa shape index (κ2) is 9.47. The van der Waals surface area contributed by atoms with Crippen LogP contribution in [-0.2, 0) is 17.0 Å². The number of rotatable bonds is 6. The quantitative estimate of drug-likeness (QED) is 0.609. The van der Waals surface area contributed by atoms with Crippen LogP contribution in [0.15, 0.2) is 59.5 Å². The first-order valence-corrected chi connectivity index (χ1v) is 11.6. The molecular weight excluding hydrogens is 394 g/mol. The number of pyridine rings is 1. The summed E-state index contributed by atoms with van der Waals surface area (Å²) in [6.07, 6.45) is 5.02. The molecule has 4 rings (SSSR count). The molecule has 1 aromatic carbocycles. The van der Waals surface area contributed by atoms with E-state index in [-0.39, 0.29) is 11.5 Å². The van der Waals surface area contributed by atoms with Gasteiger partial charge in [0.1, 0.15) is 5.65 Å². The van der Waals surface area contributed by atoms with Crippen molar-refractivity contribution >= 4 is 23.3 Å². The van der Waals surface area contributed by atoms with Crippen LogP contribution < -0.4 is 5.56 Å². The molecule has 156 valence electrons. The SMILES string of the molecule is Cc1ccc2nc(CSCC(=O)N3CCC(Cc4ccccc4)CC3)cc(=O)n2c1. The van der Waals surface area contributed by atoms with E-state index in [1.807, 2.05) is 30.0 Å². The number of piperidine rings is 1. The molecule has 1 aliphatic rings. The predicted octanol–water partition coefficient (Wildman–Crippen LogP) is 3.72. The minimum Gasteiger partial charge on any atom is -0.342 e. The molecule has 6 heteroatoms. The Hall–Kier alpha value is -2.60. The van der Waals surface area contributed by atoms with Crippen LogP contribution in [0.25, 0.3) is 5.65 Å². The fraction of sp³-hybridized carbons (Fsp3) is 0.375. The molecule has 1 fully saturated rings. The second-order valence-corrected chi connectivity index (χ2v) is 9.01. The summed E-state index contributed by atoms with van der Waals surface area (Å²) in [7, 11) is 0. The van der Waals surface area contributed by atoms with Crippen LogP contribution in [0, 0.1) is 12.8 Å². The minimum absolute atomic E-state index is 0.0777. The average Bonchev–Trinajstić information content (AvgIpc) is 2.75. The van der Waals surface area contributed by atoms with Crippen LogP contribution in [0.4, 0.5) is 0 Å². The zero-order valence-electron chi connectivity index (χ0n) is 17.3. The fourth-order valence-corrected chi connectivity index (χ4v) is 4.82. The first-order chi connectivity index (χ1) is 14.6. The van der Waals surface area contributed by atoms with Gasteiger partial charge in [0, 0.05) is 31.1 Å².